The van der Waals surface area contributed by atoms with Gasteiger partial charge in [0, 0.05) is 39.4 Å². The van der Waals surface area contributed by atoms with Gasteiger partial charge in [-0.1, -0.05) is 6.07 Å². The number of amides is 1. The average Bonchev–Trinajstić information content (AvgIpc) is 3.21. The van der Waals surface area contributed by atoms with E-state index < -0.39 is 24.3 Å². The number of likely N-dealkylation sites (N-methyl/N-ethyl adjacent to an activating group) is 1. The monoisotopic (exact) mass is 561 g/mol. The van der Waals surface area contributed by atoms with Gasteiger partial charge in [0.2, 0.25) is 5.91 Å². The summed E-state index contributed by atoms with van der Waals surface area (Å²) < 4.78 is 75.2. The molecule has 2 fully saturated rings. The number of hydrogen-bond donors (Lipinski definition) is 2. The summed E-state index contributed by atoms with van der Waals surface area (Å²) in [6, 6.07) is 6.54. The molecule has 3 heterocycles. The second-order valence-electron chi connectivity index (χ2n) is 8.43. The van der Waals surface area contributed by atoms with E-state index in [1.54, 1.807) is 19.0 Å². The first-order valence-corrected chi connectivity index (χ1v) is 11.2. The van der Waals surface area contributed by atoms with E-state index >= 15 is 0 Å². The van der Waals surface area contributed by atoms with Crippen LogP contribution in [0.5, 0.6) is 0 Å². The number of carbonyl (C=O) groups excluding carboxylic acids is 1. The fraction of sp³-hybridized carbons (Fsp3) is 0.636. The second kappa shape index (κ2) is 14.8. The van der Waals surface area contributed by atoms with Gasteiger partial charge in [0.1, 0.15) is 6.61 Å². The molecule has 10 nitrogen and oxygen atoms in total. The summed E-state index contributed by atoms with van der Waals surface area (Å²) >= 11 is 0. The fourth-order valence-electron chi connectivity index (χ4n) is 3.51. The molecule has 1 aromatic rings. The van der Waals surface area contributed by atoms with Crippen LogP contribution in [0.1, 0.15) is 25.0 Å². The van der Waals surface area contributed by atoms with Crippen molar-refractivity contribution in [3.8, 4) is 0 Å². The predicted octanol–water partition coefficient (Wildman–Crippen LogP) is 2.57. The Balaban J connectivity index is 0.000000426. The molecule has 1 aromatic heterocycles. The molecule has 0 spiro atoms. The number of aliphatic carboxylic acids is 2. The Morgan fingerprint density at radius 3 is 2.11 bits per heavy atom. The molecule has 2 aliphatic heterocycles. The molecule has 216 valence electrons. The van der Waals surface area contributed by atoms with Crippen molar-refractivity contribution in [2.75, 3.05) is 33.9 Å². The number of alkyl halides is 6. The molecule has 2 N–H and O–H groups in total. The number of likely N-dealkylation sites (tertiary alicyclic amines) is 1. The Morgan fingerprint density at radius 2 is 1.63 bits per heavy atom. The average molecular weight is 561 g/mol. The van der Waals surface area contributed by atoms with Crippen LogP contribution in [-0.4, -0.2) is 107 Å². The van der Waals surface area contributed by atoms with Crippen LogP contribution in [0.2, 0.25) is 0 Å². The molecular weight excluding hydrogens is 532 g/mol. The Labute approximate surface area is 214 Å². The topological polar surface area (TPSA) is 130 Å². The lowest BCUT2D eigenvalue weighted by molar-refractivity contribution is -0.193. The summed E-state index contributed by atoms with van der Waals surface area (Å²) in [6.07, 6.45) is -4.77. The van der Waals surface area contributed by atoms with E-state index in [2.05, 4.69) is 16.0 Å². The summed E-state index contributed by atoms with van der Waals surface area (Å²) in [5, 5.41) is 14.2. The summed E-state index contributed by atoms with van der Waals surface area (Å²) in [5.74, 6) is -5.52. The zero-order valence-corrected chi connectivity index (χ0v) is 20.5. The highest BCUT2D eigenvalue weighted by atomic mass is 19.4. The van der Waals surface area contributed by atoms with Gasteiger partial charge in [-0.2, -0.15) is 26.3 Å². The van der Waals surface area contributed by atoms with E-state index in [-0.39, 0.29) is 24.7 Å². The molecule has 0 saturated carbocycles. The number of nitrogens with zero attached hydrogens (tertiary/aromatic N) is 3. The SMILES string of the molecule is CN(C)C(=O)COC[C@H]1CC[C@@H]2[C@@H](CCN2Cc2ccccn2)O1.O=C(O)C(F)(F)F.O=C(O)C(F)(F)F. The molecule has 3 rings (SSSR count). The van der Waals surface area contributed by atoms with Crippen LogP contribution in [0, 0.1) is 0 Å². The van der Waals surface area contributed by atoms with Crippen LogP contribution in [0.4, 0.5) is 26.3 Å². The Bertz CT molecular complexity index is 876. The smallest absolute Gasteiger partial charge is 0.475 e. The second-order valence-corrected chi connectivity index (χ2v) is 8.43. The summed E-state index contributed by atoms with van der Waals surface area (Å²) in [5.41, 5.74) is 1.12. The van der Waals surface area contributed by atoms with Crippen LogP contribution in [0.3, 0.4) is 0 Å². The number of halogens is 6. The van der Waals surface area contributed by atoms with Crippen LogP contribution in [-0.2, 0) is 30.4 Å². The van der Waals surface area contributed by atoms with Crippen molar-refractivity contribution < 1.29 is 60.4 Å². The summed E-state index contributed by atoms with van der Waals surface area (Å²) in [4.78, 5) is 37.8. The van der Waals surface area contributed by atoms with Crippen molar-refractivity contribution in [2.45, 2.75) is 56.4 Å². The molecule has 38 heavy (non-hydrogen) atoms. The molecule has 0 bridgehead atoms. The van der Waals surface area contributed by atoms with Crippen LogP contribution in [0.25, 0.3) is 0 Å². The van der Waals surface area contributed by atoms with E-state index in [1.807, 2.05) is 18.3 Å². The fourth-order valence-corrected chi connectivity index (χ4v) is 3.51. The van der Waals surface area contributed by atoms with Gasteiger partial charge in [-0.25, -0.2) is 9.59 Å². The Hall–Kier alpha value is -2.98. The van der Waals surface area contributed by atoms with Gasteiger partial charge in [-0.05, 0) is 31.4 Å². The number of aromatic nitrogens is 1. The van der Waals surface area contributed by atoms with Crippen LogP contribution >= 0.6 is 0 Å². The molecule has 3 atom stereocenters. The molecule has 1 amide bonds. The number of carboxylic acid groups (broad SMARTS) is 2. The molecule has 16 heteroatoms. The highest BCUT2D eigenvalue weighted by Gasteiger charge is 2.40. The first-order valence-electron chi connectivity index (χ1n) is 11.2. The van der Waals surface area contributed by atoms with Crippen molar-refractivity contribution in [3.05, 3.63) is 30.1 Å². The van der Waals surface area contributed by atoms with Gasteiger partial charge in [-0.3, -0.25) is 14.7 Å². The first-order chi connectivity index (χ1) is 17.5. The van der Waals surface area contributed by atoms with Gasteiger partial charge in [0.15, 0.2) is 0 Å². The highest BCUT2D eigenvalue weighted by Crippen LogP contribution is 2.32. The molecule has 0 aromatic carbocycles. The molecule has 2 saturated heterocycles. The van der Waals surface area contributed by atoms with Crippen molar-refractivity contribution in [3.63, 3.8) is 0 Å². The number of carboxylic acids is 2. The molecule has 0 unspecified atom stereocenters. The van der Waals surface area contributed by atoms with E-state index in [1.165, 1.54) is 0 Å². The number of rotatable bonds is 6. The number of pyridine rings is 1. The Kier molecular flexibility index (Phi) is 12.9. The van der Waals surface area contributed by atoms with Crippen molar-refractivity contribution in [2.24, 2.45) is 0 Å². The molecule has 0 aliphatic carbocycles. The van der Waals surface area contributed by atoms with Gasteiger partial charge in [0.25, 0.3) is 0 Å². The number of hydrogen-bond acceptors (Lipinski definition) is 7. The minimum Gasteiger partial charge on any atom is -0.475 e. The number of fused-ring (bicyclic) bond motifs is 1. The maximum atomic E-state index is 11.5. The molecular formula is C22H29F6N3O7. The van der Waals surface area contributed by atoms with Crippen molar-refractivity contribution in [1.82, 2.24) is 14.8 Å². The summed E-state index contributed by atoms with van der Waals surface area (Å²) in [6.45, 7) is 2.58. The van der Waals surface area contributed by atoms with Crippen molar-refractivity contribution >= 4 is 17.8 Å². The zero-order chi connectivity index (χ0) is 29.1. The third kappa shape index (κ3) is 12.0. The quantitative estimate of drug-likeness (QED) is 0.504. The maximum absolute atomic E-state index is 11.5. The van der Waals surface area contributed by atoms with Gasteiger partial charge in [-0.15, -0.1) is 0 Å². The van der Waals surface area contributed by atoms with E-state index in [4.69, 9.17) is 29.3 Å². The lowest BCUT2D eigenvalue weighted by atomic mass is 9.99. The number of carbonyl (C=O) groups is 3. The zero-order valence-electron chi connectivity index (χ0n) is 20.5. The molecule has 0 radical (unpaired) electrons. The van der Waals surface area contributed by atoms with Gasteiger partial charge < -0.3 is 24.6 Å². The minimum absolute atomic E-state index is 0.00825. The minimum atomic E-state index is -5.08. The predicted molar refractivity (Wildman–Crippen MR) is 118 cm³/mol. The molecule has 2 aliphatic rings. The van der Waals surface area contributed by atoms with Gasteiger partial charge >= 0.3 is 24.3 Å². The largest absolute Gasteiger partial charge is 0.490 e. The van der Waals surface area contributed by atoms with Crippen LogP contribution < -0.4 is 0 Å². The van der Waals surface area contributed by atoms with Crippen molar-refractivity contribution in [1.29, 1.82) is 0 Å². The number of ether oxygens (including phenoxy) is 2. The Morgan fingerprint density at radius 1 is 1.05 bits per heavy atom. The normalized spacial score (nSPS) is 21.2. The van der Waals surface area contributed by atoms with E-state index in [0.717, 1.165) is 38.0 Å². The van der Waals surface area contributed by atoms with Crippen LogP contribution in [0.15, 0.2) is 24.4 Å². The standard InChI is InChI=1S/C18H27N3O3.2C2HF3O2/c1-20(2)18(22)13-23-12-15-6-7-16-17(24-15)8-10-21(16)11-14-5-3-4-9-19-14;2*3-2(4,5)1(6)7/h3-5,9,15-17H,6-8,10-13H2,1-2H3;2*(H,6,7)/t15-,16-,17-;;/m1../s1. The lowest BCUT2D eigenvalue weighted by Gasteiger charge is -2.35. The maximum Gasteiger partial charge on any atom is 0.490 e. The first kappa shape index (κ1) is 33.0. The van der Waals surface area contributed by atoms with E-state index in [9.17, 15) is 31.1 Å². The van der Waals surface area contributed by atoms with Gasteiger partial charge in [0.05, 0.1) is 24.5 Å². The highest BCUT2D eigenvalue weighted by molar-refractivity contribution is 5.76. The van der Waals surface area contributed by atoms with E-state index in [0.29, 0.717) is 12.6 Å². The third-order valence-electron chi connectivity index (χ3n) is 5.35. The lowest BCUT2D eigenvalue weighted by Crippen LogP contribution is -2.43. The third-order valence-corrected chi connectivity index (χ3v) is 5.35. The summed E-state index contributed by atoms with van der Waals surface area (Å²) in [7, 11) is 3.48.